The van der Waals surface area contributed by atoms with Gasteiger partial charge in [0, 0.05) is 31.1 Å². The van der Waals surface area contributed by atoms with E-state index < -0.39 is 0 Å². The molecule has 3 N–H and O–H groups in total. The number of anilines is 1. The Kier molecular flexibility index (Phi) is 4.20. The second-order valence-corrected chi connectivity index (χ2v) is 3.27. The molecule has 16 heavy (non-hydrogen) atoms. The lowest BCUT2D eigenvalue weighted by Crippen LogP contribution is -2.06. The summed E-state index contributed by atoms with van der Waals surface area (Å²) in [4.78, 5) is 18.9. The Balaban J connectivity index is 2.78. The molecular formula is C11H14N4O. The third-order valence-corrected chi connectivity index (χ3v) is 1.61. The summed E-state index contributed by atoms with van der Waals surface area (Å²) < 4.78 is 0. The van der Waals surface area contributed by atoms with Crippen molar-refractivity contribution in [2.45, 2.75) is 13.8 Å². The van der Waals surface area contributed by atoms with Crippen molar-refractivity contribution in [1.29, 1.82) is 0 Å². The van der Waals surface area contributed by atoms with Gasteiger partial charge in [-0.3, -0.25) is 9.79 Å². The summed E-state index contributed by atoms with van der Waals surface area (Å²) in [6, 6.07) is 3.42. The smallest absolute Gasteiger partial charge is 0.222 e. The second kappa shape index (κ2) is 5.65. The molecule has 84 valence electrons. The summed E-state index contributed by atoms with van der Waals surface area (Å²) in [5, 5.41) is 2.58. The van der Waals surface area contributed by atoms with Crippen LogP contribution in [0.25, 0.3) is 0 Å². The van der Waals surface area contributed by atoms with Crippen molar-refractivity contribution < 1.29 is 4.79 Å². The molecule has 1 aromatic rings. The average Bonchev–Trinajstić information content (AvgIpc) is 2.16. The second-order valence-electron chi connectivity index (χ2n) is 3.27. The minimum atomic E-state index is -0.161. The number of nitrogens with zero attached hydrogens (tertiary/aromatic N) is 2. The quantitative estimate of drug-likeness (QED) is 0.756. The number of carbonyl (C=O) groups excluding carboxylic acids is 1. The number of pyridine rings is 1. The van der Waals surface area contributed by atoms with E-state index in [1.54, 1.807) is 37.5 Å². The van der Waals surface area contributed by atoms with Gasteiger partial charge in [-0.15, -0.1) is 0 Å². The molecule has 0 bridgehead atoms. The molecule has 0 radical (unpaired) electrons. The van der Waals surface area contributed by atoms with Crippen molar-refractivity contribution in [3.05, 3.63) is 30.1 Å². The lowest BCUT2D eigenvalue weighted by molar-refractivity contribution is -0.114. The molecule has 0 spiro atoms. The molecule has 1 rings (SSSR count). The zero-order valence-electron chi connectivity index (χ0n) is 9.27. The molecule has 0 unspecified atom stereocenters. The van der Waals surface area contributed by atoms with Crippen LogP contribution < -0.4 is 11.1 Å². The first-order chi connectivity index (χ1) is 7.58. The van der Waals surface area contributed by atoms with Gasteiger partial charge in [-0.2, -0.15) is 0 Å². The van der Waals surface area contributed by atoms with Gasteiger partial charge in [0.15, 0.2) is 0 Å². The van der Waals surface area contributed by atoms with Crippen molar-refractivity contribution in [1.82, 2.24) is 4.98 Å². The molecular weight excluding hydrogens is 204 g/mol. The Bertz CT molecular complexity index is 433. The number of amides is 1. The number of rotatable bonds is 3. The zero-order valence-corrected chi connectivity index (χ0v) is 9.27. The predicted molar refractivity (Wildman–Crippen MR) is 64.6 cm³/mol. The molecule has 0 atom stereocenters. The summed E-state index contributed by atoms with van der Waals surface area (Å²) in [5.41, 5.74) is 6.84. The van der Waals surface area contributed by atoms with E-state index >= 15 is 0 Å². The van der Waals surface area contributed by atoms with Gasteiger partial charge in [-0.25, -0.2) is 4.98 Å². The van der Waals surface area contributed by atoms with Gasteiger partial charge in [-0.1, -0.05) is 0 Å². The van der Waals surface area contributed by atoms with E-state index in [0.29, 0.717) is 17.2 Å². The number of hydrogen-bond donors (Lipinski definition) is 2. The van der Waals surface area contributed by atoms with Crippen molar-refractivity contribution >= 4 is 23.6 Å². The number of nitrogens with two attached hydrogens (primary N) is 1. The van der Waals surface area contributed by atoms with Crippen LogP contribution in [0.2, 0.25) is 0 Å². The fourth-order valence-corrected chi connectivity index (χ4v) is 0.989. The fourth-order valence-electron chi connectivity index (χ4n) is 0.989. The van der Waals surface area contributed by atoms with Crippen molar-refractivity contribution in [2.24, 2.45) is 10.7 Å². The highest BCUT2D eigenvalue weighted by atomic mass is 16.1. The number of aromatic nitrogens is 1. The average molecular weight is 218 g/mol. The van der Waals surface area contributed by atoms with Crippen LogP contribution in [0.15, 0.2) is 35.1 Å². The standard InChI is InChI=1S/C11H14N4O/c1-8(12)3-5-13-10-4-6-14-11(7-10)15-9(2)16/h3-7H,12H2,1-2H3,(H,14,15,16). The van der Waals surface area contributed by atoms with Crippen LogP contribution in [0.1, 0.15) is 13.8 Å². The number of carbonyl (C=O) groups is 1. The Labute approximate surface area is 94.1 Å². The fraction of sp³-hybridized carbons (Fsp3) is 0.182. The van der Waals surface area contributed by atoms with Crippen LogP contribution in [0, 0.1) is 0 Å². The van der Waals surface area contributed by atoms with E-state index in [1.807, 2.05) is 0 Å². The van der Waals surface area contributed by atoms with E-state index in [2.05, 4.69) is 15.3 Å². The molecule has 0 aliphatic carbocycles. The van der Waals surface area contributed by atoms with Gasteiger partial charge in [0.2, 0.25) is 5.91 Å². The topological polar surface area (TPSA) is 80.4 Å². The third-order valence-electron chi connectivity index (χ3n) is 1.61. The van der Waals surface area contributed by atoms with Gasteiger partial charge < -0.3 is 11.1 Å². The predicted octanol–water partition coefficient (Wildman–Crippen LogP) is 1.60. The Morgan fingerprint density at radius 3 is 2.94 bits per heavy atom. The molecule has 5 heteroatoms. The molecule has 0 aliphatic rings. The summed E-state index contributed by atoms with van der Waals surface area (Å²) >= 11 is 0. The van der Waals surface area contributed by atoms with E-state index in [1.165, 1.54) is 6.92 Å². The van der Waals surface area contributed by atoms with Gasteiger partial charge in [0.1, 0.15) is 5.82 Å². The molecule has 0 fully saturated rings. The van der Waals surface area contributed by atoms with Gasteiger partial charge in [0.05, 0.1) is 5.69 Å². The minimum absolute atomic E-state index is 0.161. The first kappa shape index (κ1) is 11.9. The maximum absolute atomic E-state index is 10.8. The largest absolute Gasteiger partial charge is 0.402 e. The van der Waals surface area contributed by atoms with Crippen LogP contribution in [0.3, 0.4) is 0 Å². The molecule has 1 heterocycles. The normalized spacial score (nSPS) is 11.8. The Morgan fingerprint density at radius 2 is 2.31 bits per heavy atom. The number of aliphatic imine (C=N–C) groups is 1. The first-order valence-electron chi connectivity index (χ1n) is 4.78. The summed E-state index contributed by atoms with van der Waals surface area (Å²) in [5.74, 6) is 0.321. The van der Waals surface area contributed by atoms with Crippen LogP contribution >= 0.6 is 0 Å². The Hall–Kier alpha value is -2.17. The van der Waals surface area contributed by atoms with Crippen molar-refractivity contribution in [3.63, 3.8) is 0 Å². The van der Waals surface area contributed by atoms with E-state index in [4.69, 9.17) is 5.73 Å². The zero-order chi connectivity index (χ0) is 12.0. The molecule has 0 saturated heterocycles. The maximum atomic E-state index is 10.8. The Morgan fingerprint density at radius 1 is 1.56 bits per heavy atom. The number of allylic oxidation sites excluding steroid dienone is 2. The minimum Gasteiger partial charge on any atom is -0.402 e. The van der Waals surface area contributed by atoms with E-state index in [-0.39, 0.29) is 5.91 Å². The highest BCUT2D eigenvalue weighted by Gasteiger charge is 1.96. The molecule has 0 aromatic carbocycles. The molecule has 1 amide bonds. The van der Waals surface area contributed by atoms with Crippen molar-refractivity contribution in [2.75, 3.05) is 5.32 Å². The lowest BCUT2D eigenvalue weighted by atomic mass is 10.4. The summed E-state index contributed by atoms with van der Waals surface area (Å²) in [6.07, 6.45) is 4.87. The number of nitrogens with one attached hydrogen (secondary N) is 1. The van der Waals surface area contributed by atoms with Gasteiger partial charge in [0.25, 0.3) is 0 Å². The van der Waals surface area contributed by atoms with Crippen LogP contribution in [0.4, 0.5) is 11.5 Å². The highest BCUT2D eigenvalue weighted by molar-refractivity contribution is 5.88. The van der Waals surface area contributed by atoms with Gasteiger partial charge >= 0.3 is 0 Å². The van der Waals surface area contributed by atoms with Crippen LogP contribution in [0.5, 0.6) is 0 Å². The van der Waals surface area contributed by atoms with Gasteiger partial charge in [-0.05, 0) is 19.1 Å². The molecule has 5 nitrogen and oxygen atoms in total. The first-order valence-corrected chi connectivity index (χ1v) is 4.78. The van der Waals surface area contributed by atoms with Crippen LogP contribution in [-0.2, 0) is 4.79 Å². The number of hydrogen-bond acceptors (Lipinski definition) is 4. The molecule has 0 aliphatic heterocycles. The summed E-state index contributed by atoms with van der Waals surface area (Å²) in [7, 11) is 0. The third kappa shape index (κ3) is 4.36. The SMILES string of the molecule is CC(=O)Nc1cc(N=CC=C(C)N)ccn1. The monoisotopic (exact) mass is 218 g/mol. The van der Waals surface area contributed by atoms with Crippen LogP contribution in [-0.4, -0.2) is 17.1 Å². The van der Waals surface area contributed by atoms with E-state index in [9.17, 15) is 4.79 Å². The van der Waals surface area contributed by atoms with Crippen molar-refractivity contribution in [3.8, 4) is 0 Å². The summed E-state index contributed by atoms with van der Waals surface area (Å²) in [6.45, 7) is 3.21. The van der Waals surface area contributed by atoms with E-state index in [0.717, 1.165) is 0 Å². The lowest BCUT2D eigenvalue weighted by Gasteiger charge is -2.00. The highest BCUT2D eigenvalue weighted by Crippen LogP contribution is 2.14. The maximum Gasteiger partial charge on any atom is 0.222 e. The molecule has 1 aromatic heterocycles. The molecule has 0 saturated carbocycles.